The van der Waals surface area contributed by atoms with Crippen LogP contribution in [0, 0.1) is 5.92 Å². The monoisotopic (exact) mass is 315 g/mol. The Balaban J connectivity index is 2.12. The molecule has 6 heteroatoms. The lowest BCUT2D eigenvalue weighted by Crippen LogP contribution is -2.58. The summed E-state index contributed by atoms with van der Waals surface area (Å²) < 4.78 is 44.8. The van der Waals surface area contributed by atoms with Gasteiger partial charge in [0.1, 0.15) is 12.1 Å². The van der Waals surface area contributed by atoms with E-state index in [0.717, 1.165) is 5.56 Å². The summed E-state index contributed by atoms with van der Waals surface area (Å²) in [7, 11) is 0. The largest absolute Gasteiger partial charge is 0.459 e. The van der Waals surface area contributed by atoms with E-state index in [1.807, 2.05) is 0 Å². The van der Waals surface area contributed by atoms with Crippen LogP contribution in [0.1, 0.15) is 37.7 Å². The van der Waals surface area contributed by atoms with Crippen molar-refractivity contribution in [3.8, 4) is 0 Å². The van der Waals surface area contributed by atoms with Crippen LogP contribution in [0.2, 0.25) is 0 Å². The normalized spacial score (nSPS) is 26.3. The van der Waals surface area contributed by atoms with E-state index in [1.165, 1.54) is 0 Å². The molecule has 122 valence electrons. The number of rotatable bonds is 3. The van der Waals surface area contributed by atoms with Gasteiger partial charge in [-0.3, -0.25) is 4.79 Å². The highest BCUT2D eigenvalue weighted by atomic mass is 19.4. The van der Waals surface area contributed by atoms with Crippen molar-refractivity contribution in [1.29, 1.82) is 0 Å². The molecule has 1 aromatic carbocycles. The standard InChI is InChI=1S/C16H20F3NO2/c17-16(18,19)13-9-5-2-6-10-15(13,20)14(21)22-11-12-7-3-1-4-8-12/h1,3-4,7-8,13H,2,5-6,9-11,20H2. The minimum absolute atomic E-state index is 0.00476. The van der Waals surface area contributed by atoms with E-state index in [2.05, 4.69) is 0 Å². The van der Waals surface area contributed by atoms with Gasteiger partial charge in [-0.15, -0.1) is 0 Å². The minimum atomic E-state index is -4.50. The summed E-state index contributed by atoms with van der Waals surface area (Å²) >= 11 is 0. The second-order valence-electron chi connectivity index (χ2n) is 5.80. The fraction of sp³-hybridized carbons (Fsp3) is 0.562. The first kappa shape index (κ1) is 16.8. The molecule has 0 aliphatic heterocycles. The van der Waals surface area contributed by atoms with Gasteiger partial charge in [0.25, 0.3) is 0 Å². The highest BCUT2D eigenvalue weighted by molar-refractivity contribution is 5.81. The van der Waals surface area contributed by atoms with Crippen LogP contribution in [-0.4, -0.2) is 17.7 Å². The maximum absolute atomic E-state index is 13.3. The van der Waals surface area contributed by atoms with Crippen molar-refractivity contribution in [2.45, 2.75) is 50.4 Å². The third-order valence-corrected chi connectivity index (χ3v) is 4.19. The van der Waals surface area contributed by atoms with Gasteiger partial charge in [0, 0.05) is 0 Å². The van der Waals surface area contributed by atoms with Gasteiger partial charge < -0.3 is 10.5 Å². The topological polar surface area (TPSA) is 52.3 Å². The highest BCUT2D eigenvalue weighted by Crippen LogP contribution is 2.42. The third kappa shape index (κ3) is 3.80. The van der Waals surface area contributed by atoms with Crippen molar-refractivity contribution in [3.63, 3.8) is 0 Å². The molecule has 1 saturated carbocycles. The molecule has 22 heavy (non-hydrogen) atoms. The molecule has 0 heterocycles. The van der Waals surface area contributed by atoms with Gasteiger partial charge in [-0.1, -0.05) is 49.6 Å². The number of esters is 1. The Morgan fingerprint density at radius 1 is 1.23 bits per heavy atom. The highest BCUT2D eigenvalue weighted by Gasteiger charge is 2.56. The fourth-order valence-corrected chi connectivity index (χ4v) is 2.93. The molecule has 2 N–H and O–H groups in total. The van der Waals surface area contributed by atoms with Crippen LogP contribution in [0.15, 0.2) is 30.3 Å². The quantitative estimate of drug-likeness (QED) is 0.685. The Kier molecular flexibility index (Phi) is 5.11. The fourth-order valence-electron chi connectivity index (χ4n) is 2.93. The number of carbonyl (C=O) groups excluding carboxylic acids is 1. The number of carbonyl (C=O) groups is 1. The Bertz CT molecular complexity index is 504. The van der Waals surface area contributed by atoms with Gasteiger partial charge in [-0.25, -0.2) is 0 Å². The number of hydrogen-bond donors (Lipinski definition) is 1. The number of hydrogen-bond acceptors (Lipinski definition) is 3. The Labute approximate surface area is 127 Å². The summed E-state index contributed by atoms with van der Waals surface area (Å²) in [6.07, 6.45) is -3.04. The first-order chi connectivity index (χ1) is 10.3. The molecule has 2 unspecified atom stereocenters. The predicted octanol–water partition coefficient (Wildman–Crippen LogP) is 3.57. The van der Waals surface area contributed by atoms with Crippen molar-refractivity contribution >= 4 is 5.97 Å². The summed E-state index contributed by atoms with van der Waals surface area (Å²) in [4.78, 5) is 12.3. The van der Waals surface area contributed by atoms with Crippen LogP contribution in [0.5, 0.6) is 0 Å². The van der Waals surface area contributed by atoms with Gasteiger partial charge in [0.15, 0.2) is 0 Å². The lowest BCUT2D eigenvalue weighted by atomic mass is 9.80. The van der Waals surface area contributed by atoms with Gasteiger partial charge in [0.05, 0.1) is 5.92 Å². The first-order valence-electron chi connectivity index (χ1n) is 7.41. The molecular weight excluding hydrogens is 295 g/mol. The summed E-state index contributed by atoms with van der Waals surface area (Å²) in [6.45, 7) is -0.0663. The van der Waals surface area contributed by atoms with Crippen LogP contribution in [-0.2, 0) is 16.1 Å². The minimum Gasteiger partial charge on any atom is -0.459 e. The molecule has 3 nitrogen and oxygen atoms in total. The van der Waals surface area contributed by atoms with E-state index in [1.54, 1.807) is 30.3 Å². The summed E-state index contributed by atoms with van der Waals surface area (Å²) in [5.74, 6) is -2.80. The van der Waals surface area contributed by atoms with Crippen LogP contribution in [0.4, 0.5) is 13.2 Å². The molecule has 0 radical (unpaired) electrons. The number of ether oxygens (including phenoxy) is 1. The molecule has 1 aliphatic rings. The van der Waals surface area contributed by atoms with Crippen molar-refractivity contribution in [2.24, 2.45) is 11.7 Å². The van der Waals surface area contributed by atoms with Crippen LogP contribution in [0.25, 0.3) is 0 Å². The van der Waals surface area contributed by atoms with E-state index in [4.69, 9.17) is 10.5 Å². The number of alkyl halides is 3. The van der Waals surface area contributed by atoms with Crippen LogP contribution < -0.4 is 5.73 Å². The zero-order valence-corrected chi connectivity index (χ0v) is 12.2. The van der Waals surface area contributed by atoms with Gasteiger partial charge in [0.2, 0.25) is 0 Å². The second-order valence-corrected chi connectivity index (χ2v) is 5.80. The lowest BCUT2D eigenvalue weighted by Gasteiger charge is -2.35. The van der Waals surface area contributed by atoms with Crippen LogP contribution >= 0.6 is 0 Å². The third-order valence-electron chi connectivity index (χ3n) is 4.19. The molecule has 2 atom stereocenters. The van der Waals surface area contributed by atoms with Crippen LogP contribution in [0.3, 0.4) is 0 Å². The average Bonchev–Trinajstić information content (AvgIpc) is 2.68. The second kappa shape index (κ2) is 6.69. The number of nitrogens with two attached hydrogens (primary N) is 1. The van der Waals surface area contributed by atoms with Crippen molar-refractivity contribution in [2.75, 3.05) is 0 Å². The Morgan fingerprint density at radius 3 is 2.55 bits per heavy atom. The molecule has 1 aliphatic carbocycles. The summed E-state index contributed by atoms with van der Waals surface area (Å²) in [5, 5.41) is 0. The van der Waals surface area contributed by atoms with E-state index in [-0.39, 0.29) is 19.4 Å². The van der Waals surface area contributed by atoms with Gasteiger partial charge in [-0.2, -0.15) is 13.2 Å². The number of benzene rings is 1. The summed E-state index contributed by atoms with van der Waals surface area (Å²) in [5.41, 5.74) is 4.64. The lowest BCUT2D eigenvalue weighted by molar-refractivity contribution is -0.204. The summed E-state index contributed by atoms with van der Waals surface area (Å²) in [6, 6.07) is 8.83. The molecule has 2 rings (SSSR count). The van der Waals surface area contributed by atoms with Gasteiger partial charge in [-0.05, 0) is 18.4 Å². The SMILES string of the molecule is NC1(C(=O)OCc2ccccc2)CCCCCC1C(F)(F)F. The molecule has 0 spiro atoms. The maximum Gasteiger partial charge on any atom is 0.394 e. The predicted molar refractivity (Wildman–Crippen MR) is 75.8 cm³/mol. The van der Waals surface area contributed by atoms with Crippen molar-refractivity contribution in [3.05, 3.63) is 35.9 Å². The first-order valence-corrected chi connectivity index (χ1v) is 7.41. The molecule has 0 amide bonds. The number of halogens is 3. The maximum atomic E-state index is 13.3. The van der Waals surface area contributed by atoms with E-state index in [9.17, 15) is 18.0 Å². The van der Waals surface area contributed by atoms with E-state index in [0.29, 0.717) is 19.3 Å². The van der Waals surface area contributed by atoms with E-state index >= 15 is 0 Å². The molecule has 1 fully saturated rings. The zero-order chi connectivity index (χ0) is 16.2. The molecular formula is C16H20F3NO2. The zero-order valence-electron chi connectivity index (χ0n) is 12.2. The Morgan fingerprint density at radius 2 is 1.91 bits per heavy atom. The van der Waals surface area contributed by atoms with Crippen molar-refractivity contribution < 1.29 is 22.7 Å². The van der Waals surface area contributed by atoms with Gasteiger partial charge >= 0.3 is 12.1 Å². The van der Waals surface area contributed by atoms with E-state index < -0.39 is 23.6 Å². The molecule has 0 bridgehead atoms. The average molecular weight is 315 g/mol. The molecule has 1 aromatic rings. The molecule has 0 aromatic heterocycles. The van der Waals surface area contributed by atoms with Crippen molar-refractivity contribution in [1.82, 2.24) is 0 Å². The Hall–Kier alpha value is -1.56. The smallest absolute Gasteiger partial charge is 0.394 e. The molecule has 0 saturated heterocycles.